The molecule has 0 saturated heterocycles. The third-order valence-electron chi connectivity index (χ3n) is 2.97. The third-order valence-corrected chi connectivity index (χ3v) is 2.97. The third kappa shape index (κ3) is 4.30. The van der Waals surface area contributed by atoms with Crippen molar-refractivity contribution in [2.24, 2.45) is 0 Å². The molecule has 1 aromatic rings. The highest BCUT2D eigenvalue weighted by Gasteiger charge is 2.14. The van der Waals surface area contributed by atoms with Gasteiger partial charge in [-0.05, 0) is 39.3 Å². The minimum absolute atomic E-state index is 0.491. The van der Waals surface area contributed by atoms with Crippen molar-refractivity contribution >= 4 is 5.82 Å². The maximum atomic E-state index is 4.58. The molecule has 3 nitrogen and oxygen atoms in total. The number of hydrogen-bond acceptors (Lipinski definition) is 3. The largest absolute Gasteiger partial charge is 0.354 e. The number of nitrogens with one attached hydrogen (secondary N) is 1. The average molecular weight is 249 g/mol. The molecule has 0 unspecified atom stereocenters. The zero-order valence-electron chi connectivity index (χ0n) is 12.2. The molecule has 0 aliphatic heterocycles. The van der Waals surface area contributed by atoms with E-state index < -0.39 is 0 Å². The molecule has 0 aliphatic rings. The second kappa shape index (κ2) is 8.09. The minimum Gasteiger partial charge on any atom is -0.354 e. The van der Waals surface area contributed by atoms with Crippen molar-refractivity contribution in [1.82, 2.24) is 10.3 Å². The Hall–Kier alpha value is -1.09. The van der Waals surface area contributed by atoms with Crippen LogP contribution < -0.4 is 10.2 Å². The van der Waals surface area contributed by atoms with E-state index in [1.165, 1.54) is 12.0 Å². The van der Waals surface area contributed by atoms with E-state index in [-0.39, 0.29) is 0 Å². The van der Waals surface area contributed by atoms with Gasteiger partial charge in [-0.1, -0.05) is 19.9 Å². The van der Waals surface area contributed by atoms with E-state index in [2.05, 4.69) is 49.0 Å². The van der Waals surface area contributed by atoms with Crippen molar-refractivity contribution < 1.29 is 0 Å². The van der Waals surface area contributed by atoms with Crippen molar-refractivity contribution in [3.8, 4) is 0 Å². The molecule has 0 fully saturated rings. The van der Waals surface area contributed by atoms with Gasteiger partial charge >= 0.3 is 0 Å². The highest BCUT2D eigenvalue weighted by atomic mass is 15.2. The molecule has 0 bridgehead atoms. The Labute approximate surface area is 112 Å². The molecular formula is C15H27N3. The minimum atomic E-state index is 0.491. The molecule has 0 radical (unpaired) electrons. The van der Waals surface area contributed by atoms with Gasteiger partial charge in [-0.3, -0.25) is 0 Å². The number of hydrogen-bond donors (Lipinski definition) is 1. The molecule has 0 amide bonds. The van der Waals surface area contributed by atoms with Gasteiger partial charge in [0.25, 0.3) is 0 Å². The van der Waals surface area contributed by atoms with E-state index >= 15 is 0 Å². The van der Waals surface area contributed by atoms with E-state index in [9.17, 15) is 0 Å². The second-order valence-electron chi connectivity index (χ2n) is 4.95. The summed E-state index contributed by atoms with van der Waals surface area (Å²) < 4.78 is 0. The smallest absolute Gasteiger partial charge is 0.133 e. The van der Waals surface area contributed by atoms with E-state index in [0.29, 0.717) is 6.04 Å². The molecule has 1 heterocycles. The molecule has 0 atom stereocenters. The zero-order valence-corrected chi connectivity index (χ0v) is 12.2. The van der Waals surface area contributed by atoms with Crippen LogP contribution in [0.1, 0.15) is 46.1 Å². The molecule has 1 N–H and O–H groups in total. The number of pyridine rings is 1. The Bertz CT molecular complexity index is 336. The van der Waals surface area contributed by atoms with Crippen molar-refractivity contribution in [2.45, 2.75) is 53.1 Å². The van der Waals surface area contributed by atoms with Crippen LogP contribution in [0.4, 0.5) is 5.82 Å². The van der Waals surface area contributed by atoms with Crippen LogP contribution in [0.5, 0.6) is 0 Å². The first-order valence-corrected chi connectivity index (χ1v) is 7.11. The van der Waals surface area contributed by atoms with Crippen molar-refractivity contribution in [2.75, 3.05) is 18.0 Å². The second-order valence-corrected chi connectivity index (χ2v) is 4.95. The fraction of sp³-hybridized carbons (Fsp3) is 0.667. The number of rotatable bonds is 8. The van der Waals surface area contributed by atoms with Crippen LogP contribution in [0.2, 0.25) is 0 Å². The summed E-state index contributed by atoms with van der Waals surface area (Å²) in [5, 5.41) is 3.46. The number of aromatic nitrogens is 1. The Morgan fingerprint density at radius 3 is 2.67 bits per heavy atom. The highest BCUT2D eigenvalue weighted by molar-refractivity contribution is 5.47. The van der Waals surface area contributed by atoms with Gasteiger partial charge in [0.2, 0.25) is 0 Å². The van der Waals surface area contributed by atoms with E-state index in [1.807, 2.05) is 12.3 Å². The number of anilines is 1. The van der Waals surface area contributed by atoms with Gasteiger partial charge in [0, 0.05) is 30.9 Å². The number of nitrogens with zero attached hydrogens (tertiary/aromatic N) is 2. The van der Waals surface area contributed by atoms with Crippen LogP contribution in [0, 0.1) is 0 Å². The quantitative estimate of drug-likeness (QED) is 0.717. The predicted molar refractivity (Wildman–Crippen MR) is 79.0 cm³/mol. The standard InChI is InChI=1S/C15H27N3/c1-5-9-16-12-14-8-7-10-17-15(14)18(11-6-2)13(3)4/h7-8,10,13,16H,5-6,9,11-12H2,1-4H3. The summed E-state index contributed by atoms with van der Waals surface area (Å²) in [6.45, 7) is 11.9. The summed E-state index contributed by atoms with van der Waals surface area (Å²) >= 11 is 0. The first-order valence-electron chi connectivity index (χ1n) is 7.11. The fourth-order valence-corrected chi connectivity index (χ4v) is 2.08. The molecule has 0 aromatic carbocycles. The Kier molecular flexibility index (Phi) is 6.73. The summed E-state index contributed by atoms with van der Waals surface area (Å²) in [7, 11) is 0. The van der Waals surface area contributed by atoms with Crippen LogP contribution in [0.3, 0.4) is 0 Å². The first-order chi connectivity index (χ1) is 8.70. The lowest BCUT2D eigenvalue weighted by molar-refractivity contribution is 0.640. The molecule has 0 spiro atoms. The predicted octanol–water partition coefficient (Wildman–Crippen LogP) is 3.21. The lowest BCUT2D eigenvalue weighted by Crippen LogP contribution is -2.33. The van der Waals surface area contributed by atoms with E-state index in [4.69, 9.17) is 0 Å². The van der Waals surface area contributed by atoms with Gasteiger partial charge in [-0.2, -0.15) is 0 Å². The average Bonchev–Trinajstić information content (AvgIpc) is 2.37. The van der Waals surface area contributed by atoms with Gasteiger partial charge in [-0.15, -0.1) is 0 Å². The Morgan fingerprint density at radius 1 is 1.28 bits per heavy atom. The zero-order chi connectivity index (χ0) is 13.4. The molecule has 3 heteroatoms. The molecular weight excluding hydrogens is 222 g/mol. The Morgan fingerprint density at radius 2 is 2.06 bits per heavy atom. The summed E-state index contributed by atoms with van der Waals surface area (Å²) in [6, 6.07) is 4.69. The van der Waals surface area contributed by atoms with Crippen LogP contribution in [-0.4, -0.2) is 24.1 Å². The fourth-order valence-electron chi connectivity index (χ4n) is 2.08. The van der Waals surface area contributed by atoms with Crippen molar-refractivity contribution in [1.29, 1.82) is 0 Å². The SMILES string of the molecule is CCCNCc1cccnc1N(CCC)C(C)C. The maximum absolute atomic E-state index is 4.58. The molecule has 1 aromatic heterocycles. The monoisotopic (exact) mass is 249 g/mol. The molecule has 102 valence electrons. The van der Waals surface area contributed by atoms with Gasteiger partial charge < -0.3 is 10.2 Å². The van der Waals surface area contributed by atoms with Crippen molar-refractivity contribution in [3.05, 3.63) is 23.9 Å². The van der Waals surface area contributed by atoms with Crippen LogP contribution in [-0.2, 0) is 6.54 Å². The normalized spacial score (nSPS) is 10.9. The summed E-state index contributed by atoms with van der Waals surface area (Å²) in [5.41, 5.74) is 1.30. The molecule has 18 heavy (non-hydrogen) atoms. The van der Waals surface area contributed by atoms with Gasteiger partial charge in [0.15, 0.2) is 0 Å². The van der Waals surface area contributed by atoms with Crippen LogP contribution in [0.25, 0.3) is 0 Å². The molecule has 1 rings (SSSR count). The van der Waals surface area contributed by atoms with Crippen LogP contribution in [0.15, 0.2) is 18.3 Å². The van der Waals surface area contributed by atoms with Gasteiger partial charge in [-0.25, -0.2) is 4.98 Å². The van der Waals surface area contributed by atoms with Crippen LogP contribution >= 0.6 is 0 Å². The van der Waals surface area contributed by atoms with E-state index in [1.54, 1.807) is 0 Å². The molecule has 0 saturated carbocycles. The Balaban J connectivity index is 2.84. The maximum Gasteiger partial charge on any atom is 0.133 e. The van der Waals surface area contributed by atoms with Crippen molar-refractivity contribution in [3.63, 3.8) is 0 Å². The summed E-state index contributed by atoms with van der Waals surface area (Å²) in [5.74, 6) is 1.14. The lowest BCUT2D eigenvalue weighted by Gasteiger charge is -2.29. The molecule has 0 aliphatic carbocycles. The van der Waals surface area contributed by atoms with Gasteiger partial charge in [0.1, 0.15) is 5.82 Å². The summed E-state index contributed by atoms with van der Waals surface area (Å²) in [6.07, 6.45) is 4.21. The lowest BCUT2D eigenvalue weighted by atomic mass is 10.2. The van der Waals surface area contributed by atoms with E-state index in [0.717, 1.165) is 31.9 Å². The topological polar surface area (TPSA) is 28.2 Å². The van der Waals surface area contributed by atoms with Gasteiger partial charge in [0.05, 0.1) is 0 Å². The summed E-state index contributed by atoms with van der Waals surface area (Å²) in [4.78, 5) is 6.98. The highest BCUT2D eigenvalue weighted by Crippen LogP contribution is 2.19. The first kappa shape index (κ1) is 15.0.